The van der Waals surface area contributed by atoms with Crippen molar-refractivity contribution >= 4 is 5.95 Å². The summed E-state index contributed by atoms with van der Waals surface area (Å²) in [6, 6.07) is 8.25. The first kappa shape index (κ1) is 18.2. The third-order valence-electron chi connectivity index (χ3n) is 5.73. The van der Waals surface area contributed by atoms with E-state index in [0.717, 1.165) is 56.9 Å². The van der Waals surface area contributed by atoms with Gasteiger partial charge in [0.05, 0.1) is 12.7 Å². The maximum absolute atomic E-state index is 6.20. The zero-order valence-corrected chi connectivity index (χ0v) is 16.1. The Balaban J connectivity index is 1.28. The first-order valence-electron chi connectivity index (χ1n) is 9.69. The zero-order chi connectivity index (χ0) is 18.7. The van der Waals surface area contributed by atoms with Crippen LogP contribution in [-0.4, -0.2) is 53.8 Å². The lowest BCUT2D eigenvalue weighted by Crippen LogP contribution is -2.64. The number of likely N-dealkylation sites (tertiary alicyclic amines) is 1. The van der Waals surface area contributed by atoms with Gasteiger partial charge in [-0.1, -0.05) is 18.2 Å². The summed E-state index contributed by atoms with van der Waals surface area (Å²) in [4.78, 5) is 11.1. The van der Waals surface area contributed by atoms with Gasteiger partial charge in [-0.2, -0.15) is 0 Å². The fourth-order valence-corrected chi connectivity index (χ4v) is 4.28. The number of hydrogen-bond acceptors (Lipinski definition) is 6. The van der Waals surface area contributed by atoms with Crippen molar-refractivity contribution in [3.63, 3.8) is 0 Å². The first-order valence-corrected chi connectivity index (χ1v) is 9.69. The summed E-state index contributed by atoms with van der Waals surface area (Å²) in [6.45, 7) is 6.65. The molecule has 2 saturated heterocycles. The quantitative estimate of drug-likeness (QED) is 0.811. The highest BCUT2D eigenvalue weighted by molar-refractivity contribution is 5.33. The molecule has 1 atom stereocenters. The second-order valence-electron chi connectivity index (χ2n) is 7.66. The maximum Gasteiger partial charge on any atom is 0.222 e. The summed E-state index contributed by atoms with van der Waals surface area (Å²) in [5.41, 5.74) is 2.34. The number of aryl methyl sites for hydroxylation is 1. The fraction of sp³-hybridized carbons (Fsp3) is 0.524. The molecule has 0 unspecified atom stereocenters. The smallest absolute Gasteiger partial charge is 0.222 e. The molecule has 144 valence electrons. The van der Waals surface area contributed by atoms with Crippen LogP contribution in [0.25, 0.3) is 0 Å². The van der Waals surface area contributed by atoms with E-state index in [1.165, 1.54) is 5.56 Å². The Morgan fingerprint density at radius 1 is 1.26 bits per heavy atom. The van der Waals surface area contributed by atoms with Crippen LogP contribution in [0.5, 0.6) is 5.75 Å². The molecule has 0 aliphatic carbocycles. The standard InChI is InChI=1S/C21H28N4O2/c1-16-11-23-20(24-12-16)22-9-7-18-8-10-27-21(18)14-25(15-21)13-17-5-3-4-6-19(17)26-2/h3-6,11-12,18H,7-10,13-15H2,1-2H3,(H,22,23,24)/t18-/m0/s1. The number of para-hydroxylation sites is 1. The van der Waals surface area contributed by atoms with Crippen LogP contribution in [0, 0.1) is 12.8 Å². The van der Waals surface area contributed by atoms with Crippen LogP contribution < -0.4 is 10.1 Å². The summed E-state index contributed by atoms with van der Waals surface area (Å²) >= 11 is 0. The van der Waals surface area contributed by atoms with E-state index in [2.05, 4.69) is 32.3 Å². The van der Waals surface area contributed by atoms with E-state index in [1.54, 1.807) is 7.11 Å². The van der Waals surface area contributed by atoms with Crippen molar-refractivity contribution in [1.82, 2.24) is 14.9 Å². The lowest BCUT2D eigenvalue weighted by Gasteiger charge is -2.50. The molecule has 3 heterocycles. The third-order valence-corrected chi connectivity index (χ3v) is 5.73. The Bertz CT molecular complexity index is 759. The zero-order valence-electron chi connectivity index (χ0n) is 16.1. The van der Waals surface area contributed by atoms with Gasteiger partial charge < -0.3 is 14.8 Å². The lowest BCUT2D eigenvalue weighted by molar-refractivity contribution is -0.136. The van der Waals surface area contributed by atoms with Crippen molar-refractivity contribution in [2.24, 2.45) is 5.92 Å². The summed E-state index contributed by atoms with van der Waals surface area (Å²) < 4.78 is 11.7. The van der Waals surface area contributed by atoms with Crippen LogP contribution >= 0.6 is 0 Å². The number of hydrogen-bond donors (Lipinski definition) is 1. The summed E-state index contributed by atoms with van der Waals surface area (Å²) in [6.07, 6.45) is 5.91. The number of anilines is 1. The van der Waals surface area contributed by atoms with Gasteiger partial charge in [0.25, 0.3) is 0 Å². The monoisotopic (exact) mass is 368 g/mol. The summed E-state index contributed by atoms with van der Waals surface area (Å²) in [7, 11) is 1.73. The Hall–Kier alpha value is -2.18. The molecule has 0 saturated carbocycles. The first-order chi connectivity index (χ1) is 13.2. The third kappa shape index (κ3) is 3.92. The van der Waals surface area contributed by atoms with E-state index < -0.39 is 0 Å². The van der Waals surface area contributed by atoms with Crippen LogP contribution in [0.2, 0.25) is 0 Å². The van der Waals surface area contributed by atoms with Crippen molar-refractivity contribution in [2.75, 3.05) is 38.7 Å². The largest absolute Gasteiger partial charge is 0.496 e. The molecule has 1 spiro atoms. The van der Waals surface area contributed by atoms with Crippen molar-refractivity contribution in [2.45, 2.75) is 31.9 Å². The van der Waals surface area contributed by atoms with Gasteiger partial charge in [0.2, 0.25) is 5.95 Å². The van der Waals surface area contributed by atoms with Crippen molar-refractivity contribution < 1.29 is 9.47 Å². The number of rotatable bonds is 7. The molecule has 0 amide bonds. The average Bonchev–Trinajstić information content (AvgIpc) is 3.07. The van der Waals surface area contributed by atoms with Crippen LogP contribution in [-0.2, 0) is 11.3 Å². The van der Waals surface area contributed by atoms with E-state index in [0.29, 0.717) is 11.9 Å². The topological polar surface area (TPSA) is 59.5 Å². The molecule has 1 aromatic heterocycles. The molecule has 2 fully saturated rings. The Morgan fingerprint density at radius 3 is 2.81 bits per heavy atom. The predicted octanol–water partition coefficient (Wildman–Crippen LogP) is 2.89. The average molecular weight is 368 g/mol. The Kier molecular flexibility index (Phi) is 5.27. The molecule has 2 aliphatic heterocycles. The van der Waals surface area contributed by atoms with Crippen molar-refractivity contribution in [3.05, 3.63) is 47.8 Å². The van der Waals surface area contributed by atoms with E-state index in [4.69, 9.17) is 9.47 Å². The summed E-state index contributed by atoms with van der Waals surface area (Å²) in [5, 5.41) is 3.34. The highest BCUT2D eigenvalue weighted by atomic mass is 16.5. The van der Waals surface area contributed by atoms with Crippen LogP contribution in [0.3, 0.4) is 0 Å². The molecule has 1 N–H and O–H groups in total. The highest BCUT2D eigenvalue weighted by Crippen LogP contribution is 2.42. The van der Waals surface area contributed by atoms with Gasteiger partial charge in [-0.25, -0.2) is 9.97 Å². The van der Waals surface area contributed by atoms with E-state index in [9.17, 15) is 0 Å². The second-order valence-corrected chi connectivity index (χ2v) is 7.66. The maximum atomic E-state index is 6.20. The minimum absolute atomic E-state index is 0.0256. The number of aromatic nitrogens is 2. The van der Waals surface area contributed by atoms with Gasteiger partial charge in [0.1, 0.15) is 5.75 Å². The number of benzene rings is 1. The van der Waals surface area contributed by atoms with Crippen LogP contribution in [0.15, 0.2) is 36.7 Å². The second kappa shape index (κ2) is 7.82. The molecule has 6 nitrogen and oxygen atoms in total. The Labute approximate surface area is 160 Å². The molecule has 0 radical (unpaired) electrons. The van der Waals surface area contributed by atoms with Gasteiger partial charge in [0.15, 0.2) is 0 Å². The van der Waals surface area contributed by atoms with E-state index in [1.807, 2.05) is 31.5 Å². The molecule has 27 heavy (non-hydrogen) atoms. The molecule has 0 bridgehead atoms. The van der Waals surface area contributed by atoms with Gasteiger partial charge in [-0.05, 0) is 37.3 Å². The highest BCUT2D eigenvalue weighted by Gasteiger charge is 2.52. The SMILES string of the molecule is COc1ccccc1CN1CC2(C1)OCC[C@@H]2CCNc1ncc(C)cn1. The number of methoxy groups -OCH3 is 1. The van der Waals surface area contributed by atoms with Crippen molar-refractivity contribution in [1.29, 1.82) is 0 Å². The van der Waals surface area contributed by atoms with Crippen LogP contribution in [0.4, 0.5) is 5.95 Å². The van der Waals surface area contributed by atoms with Gasteiger partial charge in [-0.15, -0.1) is 0 Å². The minimum atomic E-state index is 0.0256. The van der Waals surface area contributed by atoms with E-state index >= 15 is 0 Å². The number of ether oxygens (including phenoxy) is 2. The normalized spacial score (nSPS) is 21.2. The molecule has 4 rings (SSSR count). The summed E-state index contributed by atoms with van der Waals surface area (Å²) in [5.74, 6) is 2.26. The molecule has 2 aliphatic rings. The van der Waals surface area contributed by atoms with Gasteiger partial charge in [-0.3, -0.25) is 4.90 Å². The number of nitrogens with zero attached hydrogens (tertiary/aromatic N) is 3. The molecule has 1 aromatic carbocycles. The van der Waals surface area contributed by atoms with E-state index in [-0.39, 0.29) is 5.60 Å². The van der Waals surface area contributed by atoms with Gasteiger partial charge >= 0.3 is 0 Å². The molecular weight excluding hydrogens is 340 g/mol. The van der Waals surface area contributed by atoms with Gasteiger partial charge in [0, 0.05) is 50.7 Å². The predicted molar refractivity (Wildman–Crippen MR) is 105 cm³/mol. The van der Waals surface area contributed by atoms with Crippen molar-refractivity contribution in [3.8, 4) is 5.75 Å². The number of nitrogens with one attached hydrogen (secondary N) is 1. The molecular formula is C21H28N4O2. The minimum Gasteiger partial charge on any atom is -0.496 e. The fourth-order valence-electron chi connectivity index (χ4n) is 4.28. The Morgan fingerprint density at radius 2 is 2.04 bits per heavy atom. The molecule has 2 aromatic rings. The van der Waals surface area contributed by atoms with Crippen LogP contribution in [0.1, 0.15) is 24.0 Å². The lowest BCUT2D eigenvalue weighted by atomic mass is 9.78. The molecule has 6 heteroatoms.